The highest BCUT2D eigenvalue weighted by atomic mass is 16.5. The number of hydrogen-bond donors (Lipinski definition) is 4. The Balaban J connectivity index is 1.39. The predicted molar refractivity (Wildman–Crippen MR) is 137 cm³/mol. The molecule has 9 heteroatoms. The van der Waals surface area contributed by atoms with Crippen molar-refractivity contribution < 1.29 is 29.0 Å². The molecule has 37 heavy (non-hydrogen) atoms. The van der Waals surface area contributed by atoms with Crippen molar-refractivity contribution in [3.05, 3.63) is 102 Å². The van der Waals surface area contributed by atoms with Gasteiger partial charge in [-0.1, -0.05) is 72.8 Å². The number of alkyl carbamates (subject to hydrolysis) is 1. The second-order valence-electron chi connectivity index (χ2n) is 8.45. The van der Waals surface area contributed by atoms with Crippen LogP contribution in [0.25, 0.3) is 0 Å². The fraction of sp³-hybridized carbons (Fsp3) is 0.250. The van der Waals surface area contributed by atoms with Gasteiger partial charge in [0.25, 0.3) is 0 Å². The first kappa shape index (κ1) is 27.2. The summed E-state index contributed by atoms with van der Waals surface area (Å²) in [6, 6.07) is 25.1. The average Bonchev–Trinajstić information content (AvgIpc) is 2.91. The summed E-state index contributed by atoms with van der Waals surface area (Å²) < 4.78 is 10.8. The van der Waals surface area contributed by atoms with Gasteiger partial charge < -0.3 is 30.9 Å². The van der Waals surface area contributed by atoms with Gasteiger partial charge in [0.1, 0.15) is 25.0 Å². The van der Waals surface area contributed by atoms with Crippen molar-refractivity contribution in [2.45, 2.75) is 38.2 Å². The first-order valence-electron chi connectivity index (χ1n) is 11.9. The maximum atomic E-state index is 12.3. The topological polar surface area (TPSA) is 140 Å². The standard InChI is InChI=1S/C28H31N3O6/c29-27(34)25(15-20-11-13-24(14-12-20)36-18-21-7-3-1-4-8-21)31-26(33)16-23(32)17-30-28(35)37-19-22-9-5-2-6-10-22/h1-14,23,25,32H,15-19H2,(H2,29,34)(H,30,35)(H,31,33)/t23-,25+/m0/s1. The summed E-state index contributed by atoms with van der Waals surface area (Å²) in [6.45, 7) is 0.332. The summed E-state index contributed by atoms with van der Waals surface area (Å²) in [6.07, 6.45) is -2.02. The third-order valence-electron chi connectivity index (χ3n) is 5.41. The van der Waals surface area contributed by atoms with Crippen LogP contribution in [-0.4, -0.2) is 41.7 Å². The van der Waals surface area contributed by atoms with Crippen LogP contribution in [0.5, 0.6) is 5.75 Å². The summed E-state index contributed by atoms with van der Waals surface area (Å²) in [5.74, 6) is -0.599. The van der Waals surface area contributed by atoms with Crippen LogP contribution in [0, 0.1) is 0 Å². The van der Waals surface area contributed by atoms with E-state index in [-0.39, 0.29) is 26.0 Å². The molecule has 0 saturated carbocycles. The van der Waals surface area contributed by atoms with E-state index in [1.54, 1.807) is 24.3 Å². The van der Waals surface area contributed by atoms with Gasteiger partial charge in [-0.05, 0) is 28.8 Å². The van der Waals surface area contributed by atoms with Crippen LogP contribution in [-0.2, 0) is 34.0 Å². The molecule has 5 N–H and O–H groups in total. The molecule has 2 atom stereocenters. The number of aliphatic hydroxyl groups excluding tert-OH is 1. The van der Waals surface area contributed by atoms with Crippen molar-refractivity contribution in [2.24, 2.45) is 5.73 Å². The molecule has 0 unspecified atom stereocenters. The zero-order valence-electron chi connectivity index (χ0n) is 20.3. The summed E-state index contributed by atoms with van der Waals surface area (Å²) in [5, 5.41) is 15.0. The molecule has 0 aliphatic heterocycles. The zero-order valence-corrected chi connectivity index (χ0v) is 20.3. The highest BCUT2D eigenvalue weighted by Crippen LogP contribution is 2.15. The van der Waals surface area contributed by atoms with Gasteiger partial charge in [0.15, 0.2) is 0 Å². The Hall–Kier alpha value is -4.37. The van der Waals surface area contributed by atoms with E-state index >= 15 is 0 Å². The van der Waals surface area contributed by atoms with Crippen molar-refractivity contribution in [3.8, 4) is 5.75 Å². The molecule has 0 aliphatic rings. The molecule has 0 heterocycles. The van der Waals surface area contributed by atoms with Gasteiger partial charge in [0, 0.05) is 13.0 Å². The van der Waals surface area contributed by atoms with Gasteiger partial charge >= 0.3 is 6.09 Å². The monoisotopic (exact) mass is 505 g/mol. The Labute approximate surface area is 215 Å². The van der Waals surface area contributed by atoms with Crippen LogP contribution in [0.4, 0.5) is 4.79 Å². The smallest absolute Gasteiger partial charge is 0.407 e. The molecular weight excluding hydrogens is 474 g/mol. The van der Waals surface area contributed by atoms with E-state index in [2.05, 4.69) is 10.6 Å². The molecule has 0 aliphatic carbocycles. The number of nitrogens with two attached hydrogens (primary N) is 1. The van der Waals surface area contributed by atoms with Crippen molar-refractivity contribution in [1.29, 1.82) is 0 Å². The summed E-state index contributed by atoms with van der Waals surface area (Å²) in [7, 11) is 0. The molecule has 3 rings (SSSR count). The molecular formula is C28H31N3O6. The SMILES string of the molecule is NC(=O)[C@@H](Cc1ccc(OCc2ccccc2)cc1)NC(=O)C[C@H](O)CNC(=O)OCc1ccccc1. The number of hydrogen-bond acceptors (Lipinski definition) is 6. The Morgan fingerprint density at radius 2 is 1.41 bits per heavy atom. The highest BCUT2D eigenvalue weighted by Gasteiger charge is 2.21. The van der Waals surface area contributed by atoms with Gasteiger partial charge in [-0.15, -0.1) is 0 Å². The molecule has 0 spiro atoms. The maximum absolute atomic E-state index is 12.3. The van der Waals surface area contributed by atoms with Gasteiger partial charge in [0.2, 0.25) is 11.8 Å². The van der Waals surface area contributed by atoms with Crippen LogP contribution >= 0.6 is 0 Å². The molecule has 0 fully saturated rings. The maximum Gasteiger partial charge on any atom is 0.407 e. The number of rotatable bonds is 13. The van der Waals surface area contributed by atoms with Crippen LogP contribution in [0.3, 0.4) is 0 Å². The number of primary amides is 1. The van der Waals surface area contributed by atoms with E-state index < -0.39 is 30.1 Å². The third kappa shape index (κ3) is 10.0. The molecule has 3 amide bonds. The molecule has 0 bridgehead atoms. The fourth-order valence-corrected chi connectivity index (χ4v) is 3.44. The number of aliphatic hydroxyl groups is 1. The molecule has 0 radical (unpaired) electrons. The average molecular weight is 506 g/mol. The van der Waals surface area contributed by atoms with E-state index in [0.29, 0.717) is 12.4 Å². The fourth-order valence-electron chi connectivity index (χ4n) is 3.44. The lowest BCUT2D eigenvalue weighted by Crippen LogP contribution is -2.47. The summed E-state index contributed by atoms with van der Waals surface area (Å²) >= 11 is 0. The highest BCUT2D eigenvalue weighted by molar-refractivity contribution is 5.87. The van der Waals surface area contributed by atoms with E-state index in [0.717, 1.165) is 16.7 Å². The molecule has 0 saturated heterocycles. The second kappa shape index (κ2) is 14.3. The van der Waals surface area contributed by atoms with E-state index in [4.69, 9.17) is 15.2 Å². The first-order chi connectivity index (χ1) is 17.9. The zero-order chi connectivity index (χ0) is 26.5. The van der Waals surface area contributed by atoms with Crippen LogP contribution in [0.15, 0.2) is 84.9 Å². The number of ether oxygens (including phenoxy) is 2. The summed E-state index contributed by atoms with van der Waals surface area (Å²) in [5.41, 5.74) is 8.12. The quantitative estimate of drug-likeness (QED) is 0.281. The number of carbonyl (C=O) groups excluding carboxylic acids is 3. The Kier molecular flexibility index (Phi) is 10.5. The largest absolute Gasteiger partial charge is 0.489 e. The second-order valence-corrected chi connectivity index (χ2v) is 8.45. The van der Waals surface area contributed by atoms with Gasteiger partial charge in [-0.3, -0.25) is 9.59 Å². The van der Waals surface area contributed by atoms with Crippen molar-refractivity contribution >= 4 is 17.9 Å². The van der Waals surface area contributed by atoms with E-state index in [1.165, 1.54) is 0 Å². The van der Waals surface area contributed by atoms with E-state index in [9.17, 15) is 19.5 Å². The van der Waals surface area contributed by atoms with Gasteiger partial charge in [-0.25, -0.2) is 4.79 Å². The minimum absolute atomic E-state index is 0.0870. The predicted octanol–water partition coefficient (Wildman–Crippen LogP) is 2.46. The molecule has 3 aromatic rings. The Morgan fingerprint density at radius 3 is 2.00 bits per heavy atom. The Bertz CT molecular complexity index is 1140. The van der Waals surface area contributed by atoms with Crippen LogP contribution in [0.1, 0.15) is 23.1 Å². The Morgan fingerprint density at radius 1 is 0.811 bits per heavy atom. The number of benzene rings is 3. The van der Waals surface area contributed by atoms with Crippen LogP contribution in [0.2, 0.25) is 0 Å². The van der Waals surface area contributed by atoms with Gasteiger partial charge in [0.05, 0.1) is 12.5 Å². The summed E-state index contributed by atoms with van der Waals surface area (Å²) in [4.78, 5) is 36.0. The van der Waals surface area contributed by atoms with Crippen LogP contribution < -0.4 is 21.1 Å². The number of nitrogens with one attached hydrogen (secondary N) is 2. The minimum atomic E-state index is -1.17. The lowest BCUT2D eigenvalue weighted by Gasteiger charge is -2.18. The minimum Gasteiger partial charge on any atom is -0.489 e. The molecule has 9 nitrogen and oxygen atoms in total. The number of amides is 3. The lowest BCUT2D eigenvalue weighted by molar-refractivity contribution is -0.128. The van der Waals surface area contributed by atoms with Crippen molar-refractivity contribution in [1.82, 2.24) is 10.6 Å². The third-order valence-corrected chi connectivity index (χ3v) is 5.41. The van der Waals surface area contributed by atoms with E-state index in [1.807, 2.05) is 60.7 Å². The van der Waals surface area contributed by atoms with Crippen molar-refractivity contribution in [2.75, 3.05) is 6.54 Å². The molecule has 194 valence electrons. The molecule has 3 aromatic carbocycles. The normalized spacial score (nSPS) is 12.1. The first-order valence-corrected chi connectivity index (χ1v) is 11.9. The number of carbonyl (C=O) groups is 3. The van der Waals surface area contributed by atoms with Crippen molar-refractivity contribution in [3.63, 3.8) is 0 Å². The lowest BCUT2D eigenvalue weighted by atomic mass is 10.0. The molecule has 0 aromatic heterocycles. The van der Waals surface area contributed by atoms with Gasteiger partial charge in [-0.2, -0.15) is 0 Å².